The zero-order valence-corrected chi connectivity index (χ0v) is 14.1. The molecule has 2 heterocycles. The van der Waals surface area contributed by atoms with E-state index in [0.717, 1.165) is 0 Å². The molecule has 0 radical (unpaired) electrons. The Bertz CT molecular complexity index is 497. The third-order valence-electron chi connectivity index (χ3n) is 4.07. The molecule has 2 N–H and O–H groups in total. The molecule has 0 aromatic heterocycles. The van der Waals surface area contributed by atoms with E-state index in [2.05, 4.69) is 0 Å². The van der Waals surface area contributed by atoms with Crippen LogP contribution in [-0.4, -0.2) is 71.7 Å². The van der Waals surface area contributed by atoms with Crippen molar-refractivity contribution in [2.24, 2.45) is 0 Å². The molecule has 0 unspecified atom stereocenters. The number of rotatable bonds is 10. The van der Waals surface area contributed by atoms with E-state index >= 15 is 0 Å². The summed E-state index contributed by atoms with van der Waals surface area (Å²) >= 11 is 0. The second kappa shape index (κ2) is 9.48. The summed E-state index contributed by atoms with van der Waals surface area (Å²) in [5, 5.41) is 17.1. The summed E-state index contributed by atoms with van der Waals surface area (Å²) in [7, 11) is 0. The van der Waals surface area contributed by atoms with Crippen molar-refractivity contribution in [1.82, 2.24) is 0 Å². The highest BCUT2D eigenvalue weighted by Crippen LogP contribution is 2.31. The van der Waals surface area contributed by atoms with Gasteiger partial charge >= 0.3 is 23.9 Å². The second-order valence-electron chi connectivity index (χ2n) is 6.15. The minimum Gasteiger partial charge on any atom is -0.481 e. The highest BCUT2D eigenvalue weighted by atomic mass is 16.7. The van der Waals surface area contributed by atoms with Crippen molar-refractivity contribution in [2.45, 2.75) is 62.9 Å². The lowest BCUT2D eigenvalue weighted by Crippen LogP contribution is -2.36. The fourth-order valence-electron chi connectivity index (χ4n) is 2.85. The predicted molar refractivity (Wildman–Crippen MR) is 82.2 cm³/mol. The smallest absolute Gasteiger partial charge is 0.306 e. The predicted octanol–water partition coefficient (Wildman–Crippen LogP) is 0.117. The van der Waals surface area contributed by atoms with Crippen LogP contribution in [0.25, 0.3) is 0 Å². The molecule has 2 rings (SSSR count). The number of hydrogen-bond acceptors (Lipinski definition) is 8. The van der Waals surface area contributed by atoms with Crippen molar-refractivity contribution in [3.8, 4) is 0 Å². The van der Waals surface area contributed by atoms with Gasteiger partial charge in [0.25, 0.3) is 0 Å². The zero-order chi connectivity index (χ0) is 19.1. The summed E-state index contributed by atoms with van der Waals surface area (Å²) < 4.78 is 21.6. The first-order valence-corrected chi connectivity index (χ1v) is 8.42. The summed E-state index contributed by atoms with van der Waals surface area (Å²) in [6, 6.07) is 0. The normalized spacial score (nSPS) is 26.9. The highest BCUT2D eigenvalue weighted by Gasteiger charge is 2.51. The maximum absolute atomic E-state index is 11.7. The van der Waals surface area contributed by atoms with Gasteiger partial charge in [-0.25, -0.2) is 0 Å². The quantitative estimate of drug-likeness (QED) is 0.505. The van der Waals surface area contributed by atoms with Gasteiger partial charge < -0.3 is 29.2 Å². The van der Waals surface area contributed by atoms with Crippen molar-refractivity contribution in [1.29, 1.82) is 0 Å². The summed E-state index contributed by atoms with van der Waals surface area (Å²) in [5.74, 6) is -3.01. The maximum atomic E-state index is 11.7. The largest absolute Gasteiger partial charge is 0.481 e. The molecule has 0 saturated carbocycles. The number of carbonyl (C=O) groups is 4. The highest BCUT2D eigenvalue weighted by molar-refractivity contribution is 5.72. The Hall–Kier alpha value is -2.20. The third-order valence-corrected chi connectivity index (χ3v) is 4.07. The van der Waals surface area contributed by atoms with E-state index in [-0.39, 0.29) is 51.7 Å². The van der Waals surface area contributed by atoms with Gasteiger partial charge in [0, 0.05) is 25.7 Å². The lowest BCUT2D eigenvalue weighted by atomic mass is 10.1. The Morgan fingerprint density at radius 1 is 0.731 bits per heavy atom. The summed E-state index contributed by atoms with van der Waals surface area (Å²) in [6.45, 7) is 0.208. The van der Waals surface area contributed by atoms with Gasteiger partial charge in [-0.05, 0) is 12.8 Å². The Morgan fingerprint density at radius 3 is 1.46 bits per heavy atom. The van der Waals surface area contributed by atoms with E-state index in [1.54, 1.807) is 0 Å². The number of carbonyl (C=O) groups excluding carboxylic acids is 2. The molecule has 0 aromatic carbocycles. The molecule has 0 aliphatic carbocycles. The van der Waals surface area contributed by atoms with Gasteiger partial charge in [-0.15, -0.1) is 0 Å². The average Bonchev–Trinajstić information content (AvgIpc) is 3.10. The Kier molecular flexibility index (Phi) is 7.34. The molecular formula is C16H22O10. The van der Waals surface area contributed by atoms with Crippen molar-refractivity contribution in [2.75, 3.05) is 13.2 Å². The van der Waals surface area contributed by atoms with E-state index in [4.69, 9.17) is 29.2 Å². The first-order chi connectivity index (χ1) is 12.4. The lowest BCUT2D eigenvalue weighted by molar-refractivity contribution is -0.155. The molecule has 4 atom stereocenters. The van der Waals surface area contributed by atoms with Crippen LogP contribution in [0.1, 0.15) is 38.5 Å². The van der Waals surface area contributed by atoms with Gasteiger partial charge in [0.05, 0.1) is 13.2 Å². The maximum Gasteiger partial charge on any atom is 0.306 e. The van der Waals surface area contributed by atoms with Crippen LogP contribution in [0.5, 0.6) is 0 Å². The number of esters is 2. The van der Waals surface area contributed by atoms with Crippen molar-refractivity contribution >= 4 is 23.9 Å². The number of ether oxygens (including phenoxy) is 4. The lowest BCUT2D eigenvalue weighted by Gasteiger charge is -2.17. The van der Waals surface area contributed by atoms with Gasteiger partial charge in [-0.3, -0.25) is 19.2 Å². The molecule has 2 saturated heterocycles. The van der Waals surface area contributed by atoms with Crippen LogP contribution in [-0.2, 0) is 38.1 Å². The van der Waals surface area contributed by atoms with E-state index in [1.807, 2.05) is 0 Å². The average molecular weight is 374 g/mol. The molecule has 10 heteroatoms. The summed E-state index contributed by atoms with van der Waals surface area (Å²) in [4.78, 5) is 44.4. The summed E-state index contributed by atoms with van der Waals surface area (Å²) in [5.41, 5.74) is 0. The minimum atomic E-state index is -0.978. The van der Waals surface area contributed by atoms with Crippen molar-refractivity contribution in [3.63, 3.8) is 0 Å². The van der Waals surface area contributed by atoms with Gasteiger partial charge in [-0.1, -0.05) is 0 Å². The Morgan fingerprint density at radius 2 is 1.12 bits per heavy atom. The molecule has 26 heavy (non-hydrogen) atoms. The molecular weight excluding hydrogens is 352 g/mol. The standard InChI is InChI=1S/C16H22O10/c17-11(18)3-1-5-13(21)25-9-7-23-16-10(8-24-15(9)16)26-14(22)6-2-4-12(19)20/h9-10,15-16H,1-8H2,(H,17,18)(H,19,20)/t9-,10-,15-,16-/m1/s1. The molecule has 2 aliphatic rings. The third kappa shape index (κ3) is 5.95. The van der Waals surface area contributed by atoms with Crippen LogP contribution in [0.3, 0.4) is 0 Å². The number of fused-ring (bicyclic) bond motifs is 1. The molecule has 0 spiro atoms. The van der Waals surface area contributed by atoms with Gasteiger partial charge in [0.15, 0.2) is 12.2 Å². The summed E-state index contributed by atoms with van der Waals surface area (Å²) in [6.07, 6.45) is -2.23. The van der Waals surface area contributed by atoms with Crippen LogP contribution >= 0.6 is 0 Å². The van der Waals surface area contributed by atoms with Crippen LogP contribution in [0.2, 0.25) is 0 Å². The molecule has 0 bridgehead atoms. The van der Waals surface area contributed by atoms with Crippen LogP contribution in [0.15, 0.2) is 0 Å². The molecule has 10 nitrogen and oxygen atoms in total. The number of carboxylic acids is 2. The van der Waals surface area contributed by atoms with Crippen LogP contribution in [0, 0.1) is 0 Å². The molecule has 0 amide bonds. The topological polar surface area (TPSA) is 146 Å². The Balaban J connectivity index is 1.72. The van der Waals surface area contributed by atoms with E-state index in [1.165, 1.54) is 0 Å². The van der Waals surface area contributed by atoms with Gasteiger partial charge in [0.1, 0.15) is 12.2 Å². The zero-order valence-electron chi connectivity index (χ0n) is 14.1. The SMILES string of the molecule is O=C(O)CCCC(=O)O[C@@H]1CO[C@H]2[C@@H]1OC[C@H]2OC(=O)CCCC(=O)O. The number of carboxylic acid groups (broad SMARTS) is 2. The fourth-order valence-corrected chi connectivity index (χ4v) is 2.85. The number of aliphatic carboxylic acids is 2. The van der Waals surface area contributed by atoms with Crippen molar-refractivity contribution in [3.05, 3.63) is 0 Å². The van der Waals surface area contributed by atoms with E-state index in [0.29, 0.717) is 0 Å². The molecule has 146 valence electrons. The van der Waals surface area contributed by atoms with E-state index in [9.17, 15) is 19.2 Å². The first-order valence-electron chi connectivity index (χ1n) is 8.42. The number of hydrogen-bond donors (Lipinski definition) is 2. The second-order valence-corrected chi connectivity index (χ2v) is 6.15. The van der Waals surface area contributed by atoms with Gasteiger partial charge in [-0.2, -0.15) is 0 Å². The van der Waals surface area contributed by atoms with Crippen LogP contribution in [0.4, 0.5) is 0 Å². The van der Waals surface area contributed by atoms with Gasteiger partial charge in [0.2, 0.25) is 0 Å². The molecule has 2 fully saturated rings. The molecule has 0 aromatic rings. The minimum absolute atomic E-state index is 0.0117. The fraction of sp³-hybridized carbons (Fsp3) is 0.750. The first kappa shape index (κ1) is 20.1. The molecule has 2 aliphatic heterocycles. The monoisotopic (exact) mass is 374 g/mol. The van der Waals surface area contributed by atoms with Crippen molar-refractivity contribution < 1.29 is 48.3 Å². The van der Waals surface area contributed by atoms with Crippen LogP contribution < -0.4 is 0 Å². The van der Waals surface area contributed by atoms with E-state index < -0.39 is 48.3 Å². The Labute approximate surface area is 149 Å².